The normalized spacial score (nSPS) is 11.1. The number of hydrogen-bond acceptors (Lipinski definition) is 5. The first-order valence-corrected chi connectivity index (χ1v) is 6.93. The van der Waals surface area contributed by atoms with Crippen LogP contribution in [0.15, 0.2) is 18.2 Å². The van der Waals surface area contributed by atoms with Gasteiger partial charge in [0.2, 0.25) is 5.91 Å². The van der Waals surface area contributed by atoms with Crippen LogP contribution < -0.4 is 5.73 Å². The number of ether oxygens (including phenoxy) is 1. The standard InChI is InChI=1S/C11H12FNO5S/c1-18-11(15)8-3-2-7(4-9(8)12)5-19(16,17)6-10(13)14/h2-4H,5-6H2,1H3,(H2,13,14). The summed E-state index contributed by atoms with van der Waals surface area (Å²) in [7, 11) is -2.64. The number of benzene rings is 1. The van der Waals surface area contributed by atoms with Crippen molar-refractivity contribution in [3.8, 4) is 0 Å². The molecule has 0 saturated heterocycles. The lowest BCUT2D eigenvalue weighted by Gasteiger charge is -2.05. The van der Waals surface area contributed by atoms with Gasteiger partial charge in [-0.15, -0.1) is 0 Å². The van der Waals surface area contributed by atoms with Crippen molar-refractivity contribution in [2.45, 2.75) is 5.75 Å². The van der Waals surface area contributed by atoms with E-state index in [2.05, 4.69) is 4.74 Å². The van der Waals surface area contributed by atoms with Gasteiger partial charge < -0.3 is 10.5 Å². The van der Waals surface area contributed by atoms with Crippen LogP contribution in [-0.4, -0.2) is 33.2 Å². The number of nitrogens with two attached hydrogens (primary N) is 1. The number of amides is 1. The molecule has 0 unspecified atom stereocenters. The fourth-order valence-electron chi connectivity index (χ4n) is 1.45. The maximum atomic E-state index is 13.5. The number of primary amides is 1. The molecule has 19 heavy (non-hydrogen) atoms. The topological polar surface area (TPSA) is 104 Å². The number of hydrogen-bond donors (Lipinski definition) is 1. The fraction of sp³-hybridized carbons (Fsp3) is 0.273. The Morgan fingerprint density at radius 2 is 2.00 bits per heavy atom. The minimum atomic E-state index is -3.75. The lowest BCUT2D eigenvalue weighted by atomic mass is 10.1. The molecule has 0 spiro atoms. The average Bonchev–Trinajstić information content (AvgIpc) is 2.25. The van der Waals surface area contributed by atoms with Crippen LogP contribution >= 0.6 is 0 Å². The van der Waals surface area contributed by atoms with Crippen LogP contribution in [0.5, 0.6) is 0 Å². The van der Waals surface area contributed by atoms with E-state index in [1.165, 1.54) is 6.07 Å². The van der Waals surface area contributed by atoms with Gasteiger partial charge in [0, 0.05) is 0 Å². The molecule has 0 fully saturated rings. The Morgan fingerprint density at radius 3 is 2.47 bits per heavy atom. The van der Waals surface area contributed by atoms with Crippen molar-refractivity contribution < 1.29 is 27.1 Å². The van der Waals surface area contributed by atoms with Gasteiger partial charge >= 0.3 is 5.97 Å². The first-order valence-electron chi connectivity index (χ1n) is 5.10. The van der Waals surface area contributed by atoms with E-state index in [0.29, 0.717) is 0 Å². The van der Waals surface area contributed by atoms with Crippen LogP contribution in [0.1, 0.15) is 15.9 Å². The highest BCUT2D eigenvalue weighted by molar-refractivity contribution is 7.91. The lowest BCUT2D eigenvalue weighted by molar-refractivity contribution is -0.115. The quantitative estimate of drug-likeness (QED) is 0.769. The molecular weight excluding hydrogens is 277 g/mol. The molecule has 0 saturated carbocycles. The second-order valence-corrected chi connectivity index (χ2v) is 5.87. The molecule has 0 atom stereocenters. The van der Waals surface area contributed by atoms with E-state index < -0.39 is 39.0 Å². The maximum Gasteiger partial charge on any atom is 0.340 e. The number of rotatable bonds is 5. The summed E-state index contributed by atoms with van der Waals surface area (Å²) in [6.07, 6.45) is 0. The van der Waals surface area contributed by atoms with Crippen molar-refractivity contribution >= 4 is 21.7 Å². The number of halogens is 1. The van der Waals surface area contributed by atoms with Crippen molar-refractivity contribution in [3.05, 3.63) is 35.1 Å². The molecule has 0 radical (unpaired) electrons. The highest BCUT2D eigenvalue weighted by Gasteiger charge is 2.18. The SMILES string of the molecule is COC(=O)c1ccc(CS(=O)(=O)CC(N)=O)cc1F. The van der Waals surface area contributed by atoms with Crippen LogP contribution in [0.25, 0.3) is 0 Å². The Labute approximate surface area is 109 Å². The third-order valence-electron chi connectivity index (χ3n) is 2.19. The van der Waals surface area contributed by atoms with Gasteiger partial charge in [0.15, 0.2) is 9.84 Å². The lowest BCUT2D eigenvalue weighted by Crippen LogP contribution is -2.24. The molecule has 2 N–H and O–H groups in total. The zero-order chi connectivity index (χ0) is 14.6. The van der Waals surface area contributed by atoms with Gasteiger partial charge in [-0.1, -0.05) is 6.07 Å². The van der Waals surface area contributed by atoms with Gasteiger partial charge in [0.25, 0.3) is 0 Å². The molecule has 1 aromatic carbocycles. The van der Waals surface area contributed by atoms with E-state index in [4.69, 9.17) is 5.73 Å². The Morgan fingerprint density at radius 1 is 1.37 bits per heavy atom. The third kappa shape index (κ3) is 4.32. The summed E-state index contributed by atoms with van der Waals surface area (Å²) in [5.74, 6) is -4.07. The van der Waals surface area contributed by atoms with Gasteiger partial charge in [0.05, 0.1) is 18.4 Å². The van der Waals surface area contributed by atoms with E-state index in [0.717, 1.165) is 19.2 Å². The highest BCUT2D eigenvalue weighted by atomic mass is 32.2. The zero-order valence-electron chi connectivity index (χ0n) is 10.1. The van der Waals surface area contributed by atoms with Crippen LogP contribution in [0.4, 0.5) is 4.39 Å². The van der Waals surface area contributed by atoms with E-state index in [1.54, 1.807) is 0 Å². The number of carbonyl (C=O) groups is 2. The number of sulfone groups is 1. The predicted octanol–water partition coefficient (Wildman–Crippen LogP) is 0.0124. The third-order valence-corrected chi connectivity index (χ3v) is 3.69. The molecule has 0 bridgehead atoms. The van der Waals surface area contributed by atoms with Gasteiger partial charge in [-0.25, -0.2) is 17.6 Å². The largest absolute Gasteiger partial charge is 0.465 e. The summed E-state index contributed by atoms with van der Waals surface area (Å²) >= 11 is 0. The zero-order valence-corrected chi connectivity index (χ0v) is 10.9. The second kappa shape index (κ2) is 5.79. The molecular formula is C11H12FNO5S. The summed E-state index contributed by atoms with van der Waals surface area (Å²) in [4.78, 5) is 21.7. The van der Waals surface area contributed by atoms with Crippen molar-refractivity contribution in [1.82, 2.24) is 0 Å². The van der Waals surface area contributed by atoms with Crippen molar-refractivity contribution in [1.29, 1.82) is 0 Å². The molecule has 1 rings (SSSR count). The molecule has 6 nitrogen and oxygen atoms in total. The highest BCUT2D eigenvalue weighted by Crippen LogP contribution is 2.14. The summed E-state index contributed by atoms with van der Waals surface area (Å²) in [5.41, 5.74) is 4.61. The fourth-order valence-corrected chi connectivity index (χ4v) is 2.67. The summed E-state index contributed by atoms with van der Waals surface area (Å²) < 4.78 is 40.9. The van der Waals surface area contributed by atoms with Gasteiger partial charge in [-0.2, -0.15) is 0 Å². The van der Waals surface area contributed by atoms with Crippen molar-refractivity contribution in [2.75, 3.05) is 12.9 Å². The van der Waals surface area contributed by atoms with Crippen LogP contribution in [-0.2, 0) is 25.1 Å². The number of carbonyl (C=O) groups excluding carboxylic acids is 2. The monoisotopic (exact) mass is 289 g/mol. The summed E-state index contributed by atoms with van der Waals surface area (Å²) in [6.45, 7) is 0. The second-order valence-electron chi connectivity index (χ2n) is 3.80. The van der Waals surface area contributed by atoms with Crippen LogP contribution in [0.3, 0.4) is 0 Å². The van der Waals surface area contributed by atoms with E-state index in [-0.39, 0.29) is 11.1 Å². The molecule has 8 heteroatoms. The summed E-state index contributed by atoms with van der Waals surface area (Å²) in [5, 5.41) is 0. The van der Waals surface area contributed by atoms with E-state index >= 15 is 0 Å². The van der Waals surface area contributed by atoms with Gasteiger partial charge in [-0.05, 0) is 17.7 Å². The van der Waals surface area contributed by atoms with Crippen molar-refractivity contribution in [3.63, 3.8) is 0 Å². The molecule has 0 aliphatic carbocycles. The molecule has 0 aromatic heterocycles. The first kappa shape index (κ1) is 15.1. The van der Waals surface area contributed by atoms with Crippen molar-refractivity contribution in [2.24, 2.45) is 5.73 Å². The first-order chi connectivity index (χ1) is 8.75. The van der Waals surface area contributed by atoms with Crippen LogP contribution in [0.2, 0.25) is 0 Å². The Kier molecular flexibility index (Phi) is 4.60. The Bertz CT molecular complexity index is 612. The molecule has 1 amide bonds. The number of methoxy groups -OCH3 is 1. The Hall–Kier alpha value is -1.96. The Balaban J connectivity index is 2.97. The number of esters is 1. The van der Waals surface area contributed by atoms with Crippen LogP contribution in [0, 0.1) is 5.82 Å². The maximum absolute atomic E-state index is 13.5. The van der Waals surface area contributed by atoms with E-state index in [9.17, 15) is 22.4 Å². The minimum Gasteiger partial charge on any atom is -0.465 e. The van der Waals surface area contributed by atoms with Gasteiger partial charge in [-0.3, -0.25) is 4.79 Å². The smallest absolute Gasteiger partial charge is 0.340 e. The molecule has 104 valence electrons. The summed E-state index contributed by atoms with van der Waals surface area (Å²) in [6, 6.07) is 3.30. The molecule has 0 aliphatic rings. The van der Waals surface area contributed by atoms with Gasteiger partial charge in [0.1, 0.15) is 11.6 Å². The average molecular weight is 289 g/mol. The molecule has 0 aliphatic heterocycles. The van der Waals surface area contributed by atoms with E-state index in [1.807, 2.05) is 0 Å². The molecule has 0 heterocycles. The minimum absolute atomic E-state index is 0.117. The predicted molar refractivity (Wildman–Crippen MR) is 64.4 cm³/mol. The molecule has 1 aromatic rings.